The number of hydrogen-bond acceptors (Lipinski definition) is 1. The second-order valence-electron chi connectivity index (χ2n) is 2.27. The Labute approximate surface area is 58.6 Å². The summed E-state index contributed by atoms with van der Waals surface area (Å²) in [6, 6.07) is 0. The molecule has 1 saturated carbocycles. The van der Waals surface area contributed by atoms with Crippen LogP contribution in [0.2, 0.25) is 0 Å². The first-order valence-electron chi connectivity index (χ1n) is 3.04. The van der Waals surface area contributed by atoms with E-state index in [1.54, 1.807) is 0 Å². The van der Waals surface area contributed by atoms with Gasteiger partial charge < -0.3 is 0 Å². The van der Waals surface area contributed by atoms with Crippen LogP contribution < -0.4 is 5.43 Å². The molecule has 0 bridgehead atoms. The Hall–Kier alpha value is -0.500. The first kappa shape index (κ1) is 5.30. The van der Waals surface area contributed by atoms with Gasteiger partial charge in [0.15, 0.2) is 5.16 Å². The van der Waals surface area contributed by atoms with Crippen LogP contribution >= 0.6 is 11.6 Å². The van der Waals surface area contributed by atoms with Crippen molar-refractivity contribution in [2.45, 2.75) is 19.3 Å². The van der Waals surface area contributed by atoms with Crippen LogP contribution in [0, 0.1) is 0 Å². The molecule has 1 aliphatic heterocycles. The molecule has 2 aliphatic rings. The lowest BCUT2D eigenvalue weighted by Crippen LogP contribution is -1.86. The molecule has 1 aliphatic carbocycles. The summed E-state index contributed by atoms with van der Waals surface area (Å²) >= 11 is 5.71. The molecular formula is C6H6ClN2. The number of rotatable bonds is 0. The fourth-order valence-electron chi connectivity index (χ4n) is 1.22. The largest absolute Gasteiger partial charge is 0.156 e. The smallest absolute Gasteiger partial charge is 0.154 e. The molecule has 0 amide bonds. The average molecular weight is 142 g/mol. The molecule has 1 fully saturated rings. The molecule has 0 saturated heterocycles. The normalized spacial score (nSPS) is 23.9. The van der Waals surface area contributed by atoms with E-state index in [0.29, 0.717) is 5.16 Å². The zero-order valence-corrected chi connectivity index (χ0v) is 5.65. The Balaban J connectivity index is 2.40. The molecular weight excluding hydrogens is 136 g/mol. The first-order valence-corrected chi connectivity index (χ1v) is 3.42. The number of fused-ring (bicyclic) bond motifs is 1. The van der Waals surface area contributed by atoms with Gasteiger partial charge in [0, 0.05) is 5.57 Å². The van der Waals surface area contributed by atoms with Gasteiger partial charge in [-0.3, -0.25) is 0 Å². The maximum absolute atomic E-state index is 5.71. The van der Waals surface area contributed by atoms with Gasteiger partial charge in [-0.25, -0.2) is 0 Å². The summed E-state index contributed by atoms with van der Waals surface area (Å²) in [5.74, 6) is 0. The highest BCUT2D eigenvalue weighted by Crippen LogP contribution is 2.29. The lowest BCUT2D eigenvalue weighted by Gasteiger charge is -1.86. The Bertz CT molecular complexity index is 205. The van der Waals surface area contributed by atoms with Crippen LogP contribution in [0.15, 0.2) is 15.8 Å². The maximum atomic E-state index is 5.71. The molecule has 1 radical (unpaired) electrons. The van der Waals surface area contributed by atoms with E-state index in [0.717, 1.165) is 18.6 Å². The molecule has 0 spiro atoms. The van der Waals surface area contributed by atoms with Crippen LogP contribution in [-0.2, 0) is 0 Å². The monoisotopic (exact) mass is 141 g/mol. The van der Waals surface area contributed by atoms with Gasteiger partial charge >= 0.3 is 0 Å². The van der Waals surface area contributed by atoms with Crippen LogP contribution in [0.4, 0.5) is 0 Å². The van der Waals surface area contributed by atoms with Gasteiger partial charge in [0.2, 0.25) is 0 Å². The van der Waals surface area contributed by atoms with Crippen molar-refractivity contribution in [2.24, 2.45) is 5.10 Å². The number of halogens is 1. The molecule has 0 aromatic rings. The van der Waals surface area contributed by atoms with Crippen molar-refractivity contribution >= 4 is 17.3 Å². The Morgan fingerprint density at radius 2 is 2.22 bits per heavy atom. The van der Waals surface area contributed by atoms with Gasteiger partial charge in [-0.1, -0.05) is 11.6 Å². The van der Waals surface area contributed by atoms with Crippen LogP contribution in [0.3, 0.4) is 0 Å². The molecule has 0 aromatic carbocycles. The minimum Gasteiger partial charge on any atom is -0.154 e. The summed E-state index contributed by atoms with van der Waals surface area (Å²) in [6.45, 7) is 0. The molecule has 3 heteroatoms. The van der Waals surface area contributed by atoms with Crippen LogP contribution in [0.5, 0.6) is 0 Å². The van der Waals surface area contributed by atoms with E-state index in [1.807, 2.05) is 0 Å². The Morgan fingerprint density at radius 1 is 1.33 bits per heavy atom. The number of nitrogens with zero attached hydrogens (tertiary/aromatic N) is 2. The second-order valence-corrected chi connectivity index (χ2v) is 2.63. The maximum Gasteiger partial charge on any atom is 0.156 e. The van der Waals surface area contributed by atoms with Crippen LogP contribution in [0.1, 0.15) is 19.3 Å². The number of allylic oxidation sites excluding steroid dienone is 1. The van der Waals surface area contributed by atoms with Crippen molar-refractivity contribution in [3.8, 4) is 0 Å². The first-order chi connectivity index (χ1) is 4.38. The summed E-state index contributed by atoms with van der Waals surface area (Å²) in [5.41, 5.74) is 6.04. The lowest BCUT2D eigenvalue weighted by atomic mass is 10.2. The molecule has 0 N–H and O–H groups in total. The molecule has 0 aromatic heterocycles. The van der Waals surface area contributed by atoms with Crippen molar-refractivity contribution in [1.82, 2.24) is 5.43 Å². The fourth-order valence-corrected chi connectivity index (χ4v) is 1.47. The van der Waals surface area contributed by atoms with E-state index in [2.05, 4.69) is 10.5 Å². The third-order valence-electron chi connectivity index (χ3n) is 1.70. The molecule has 0 unspecified atom stereocenters. The van der Waals surface area contributed by atoms with E-state index in [4.69, 9.17) is 11.6 Å². The predicted octanol–water partition coefficient (Wildman–Crippen LogP) is 1.59. The van der Waals surface area contributed by atoms with Crippen molar-refractivity contribution < 1.29 is 0 Å². The highest BCUT2D eigenvalue weighted by atomic mass is 35.5. The zero-order chi connectivity index (χ0) is 6.27. The van der Waals surface area contributed by atoms with E-state index in [1.165, 1.54) is 12.0 Å². The van der Waals surface area contributed by atoms with E-state index in [-0.39, 0.29) is 0 Å². The van der Waals surface area contributed by atoms with Gasteiger partial charge in [0.1, 0.15) is 0 Å². The van der Waals surface area contributed by atoms with Crippen molar-refractivity contribution in [2.75, 3.05) is 0 Å². The minimum atomic E-state index is 0.613. The molecule has 1 heterocycles. The van der Waals surface area contributed by atoms with E-state index < -0.39 is 0 Å². The Kier molecular flexibility index (Phi) is 1.02. The quantitative estimate of drug-likeness (QED) is 0.458. The molecule has 2 nitrogen and oxygen atoms in total. The minimum absolute atomic E-state index is 0.613. The van der Waals surface area contributed by atoms with Crippen molar-refractivity contribution in [1.29, 1.82) is 0 Å². The summed E-state index contributed by atoms with van der Waals surface area (Å²) < 4.78 is 0. The SMILES string of the molecule is ClC1=C2CCCC2=N[N]1. The van der Waals surface area contributed by atoms with Gasteiger partial charge in [0.25, 0.3) is 0 Å². The van der Waals surface area contributed by atoms with Gasteiger partial charge in [-0.05, 0) is 19.3 Å². The van der Waals surface area contributed by atoms with Crippen molar-refractivity contribution in [3.05, 3.63) is 10.7 Å². The molecule has 0 atom stereocenters. The van der Waals surface area contributed by atoms with E-state index >= 15 is 0 Å². The van der Waals surface area contributed by atoms with Crippen LogP contribution in [0.25, 0.3) is 0 Å². The highest BCUT2D eigenvalue weighted by molar-refractivity contribution is 6.32. The molecule has 2 rings (SSSR count). The van der Waals surface area contributed by atoms with Gasteiger partial charge in [0.05, 0.1) is 5.71 Å². The van der Waals surface area contributed by atoms with Crippen molar-refractivity contribution in [3.63, 3.8) is 0 Å². The topological polar surface area (TPSA) is 26.5 Å². The fraction of sp³-hybridized carbons (Fsp3) is 0.500. The highest BCUT2D eigenvalue weighted by Gasteiger charge is 2.24. The molecule has 9 heavy (non-hydrogen) atoms. The van der Waals surface area contributed by atoms with Crippen LogP contribution in [-0.4, -0.2) is 5.71 Å². The third-order valence-corrected chi connectivity index (χ3v) is 2.00. The Morgan fingerprint density at radius 3 is 3.00 bits per heavy atom. The summed E-state index contributed by atoms with van der Waals surface area (Å²) in [4.78, 5) is 0. The lowest BCUT2D eigenvalue weighted by molar-refractivity contribution is 0.882. The van der Waals surface area contributed by atoms with E-state index in [9.17, 15) is 0 Å². The second kappa shape index (κ2) is 1.74. The summed E-state index contributed by atoms with van der Waals surface area (Å²) in [6.07, 6.45) is 3.33. The summed E-state index contributed by atoms with van der Waals surface area (Å²) in [7, 11) is 0. The van der Waals surface area contributed by atoms with Gasteiger partial charge in [-0.2, -0.15) is 5.10 Å². The number of hydrogen-bond donors (Lipinski definition) is 0. The predicted molar refractivity (Wildman–Crippen MR) is 36.3 cm³/mol. The average Bonchev–Trinajstić information content (AvgIpc) is 2.35. The standard InChI is InChI=1S/C6H6ClN2/c7-6-4-2-1-3-5(4)8-9-6/h1-3H2. The molecule has 47 valence electrons. The third kappa shape index (κ3) is 0.663. The summed E-state index contributed by atoms with van der Waals surface area (Å²) in [5, 5.41) is 4.53. The zero-order valence-electron chi connectivity index (χ0n) is 4.89. The van der Waals surface area contributed by atoms with Gasteiger partial charge in [-0.15, -0.1) is 5.43 Å².